The van der Waals surface area contributed by atoms with Crippen LogP contribution in [0.15, 0.2) is 0 Å². The quantitative estimate of drug-likeness (QED) is 0.555. The molecule has 0 saturated carbocycles. The van der Waals surface area contributed by atoms with Crippen LogP contribution < -0.4 is 0 Å². The van der Waals surface area contributed by atoms with Gasteiger partial charge in [-0.25, -0.2) is 0 Å². The zero-order valence-corrected chi connectivity index (χ0v) is 15.4. The first-order valence-corrected chi connectivity index (χ1v) is 9.43. The maximum Gasteiger partial charge on any atom is 0.678 e. The number of ether oxygens (including phenoxy) is 2. The topological polar surface area (TPSA) is 95.8 Å². The van der Waals surface area contributed by atoms with Crippen molar-refractivity contribution >= 4 is 9.05 Å². The Hall–Kier alpha value is -0.103. The van der Waals surface area contributed by atoms with Crippen molar-refractivity contribution in [3.8, 4) is 0 Å². The first-order valence-electron chi connectivity index (χ1n) is 7.79. The molecule has 9 heteroatoms. The average Bonchev–Trinajstić information content (AvgIpc) is 2.56. The molecular formula is C14H28O8Si. The molecule has 2 saturated heterocycles. The molecule has 0 aliphatic carbocycles. The molecule has 0 bridgehead atoms. The van der Waals surface area contributed by atoms with E-state index in [1.54, 1.807) is 0 Å². The molecule has 2 aliphatic rings. The van der Waals surface area contributed by atoms with Gasteiger partial charge in [-0.3, -0.25) is 0 Å². The molecule has 2 fully saturated rings. The highest BCUT2D eigenvalue weighted by atomic mass is 28.4. The van der Waals surface area contributed by atoms with Gasteiger partial charge in [0.05, 0.1) is 19.3 Å². The Kier molecular flexibility index (Phi) is 5.87. The monoisotopic (exact) mass is 352 g/mol. The highest BCUT2D eigenvalue weighted by Gasteiger charge is 2.70. The number of hydrogen-bond acceptors (Lipinski definition) is 8. The van der Waals surface area contributed by atoms with Crippen LogP contribution in [-0.2, 0) is 27.2 Å². The van der Waals surface area contributed by atoms with Gasteiger partial charge in [-0.05, 0) is 6.42 Å². The van der Waals surface area contributed by atoms with Crippen molar-refractivity contribution in [3.63, 3.8) is 0 Å². The lowest BCUT2D eigenvalue weighted by Crippen LogP contribution is -2.79. The van der Waals surface area contributed by atoms with Gasteiger partial charge >= 0.3 is 9.05 Å². The molecule has 0 radical (unpaired) electrons. The minimum atomic E-state index is -3.15. The second kappa shape index (κ2) is 7.02. The van der Waals surface area contributed by atoms with Gasteiger partial charge in [-0.15, -0.1) is 0 Å². The van der Waals surface area contributed by atoms with Crippen molar-refractivity contribution in [2.75, 3.05) is 41.2 Å². The first kappa shape index (κ1) is 19.2. The summed E-state index contributed by atoms with van der Waals surface area (Å²) in [4.78, 5) is 0. The third kappa shape index (κ3) is 2.88. The predicted molar refractivity (Wildman–Crippen MR) is 81.3 cm³/mol. The van der Waals surface area contributed by atoms with Gasteiger partial charge in [-0.1, -0.05) is 13.8 Å². The van der Waals surface area contributed by atoms with Crippen molar-refractivity contribution in [2.24, 2.45) is 11.8 Å². The zero-order chi connectivity index (χ0) is 17.3. The lowest BCUT2D eigenvalue weighted by molar-refractivity contribution is -0.455. The van der Waals surface area contributed by atoms with Crippen LogP contribution in [0.5, 0.6) is 0 Å². The Bertz CT molecular complexity index is 398. The van der Waals surface area contributed by atoms with Gasteiger partial charge in [-0.2, -0.15) is 0 Å². The second-order valence-electron chi connectivity index (χ2n) is 6.18. The highest BCUT2D eigenvalue weighted by Crippen LogP contribution is 2.53. The molecule has 0 aromatic heterocycles. The molecule has 23 heavy (non-hydrogen) atoms. The van der Waals surface area contributed by atoms with E-state index < -0.39 is 26.5 Å². The molecule has 0 aromatic rings. The normalized spacial score (nSPS) is 38.7. The Morgan fingerprint density at radius 1 is 1.09 bits per heavy atom. The summed E-state index contributed by atoms with van der Waals surface area (Å²) in [6.07, 6.45) is -0.718. The van der Waals surface area contributed by atoms with E-state index in [0.717, 1.165) is 0 Å². The van der Waals surface area contributed by atoms with Crippen LogP contribution in [0.2, 0.25) is 0 Å². The number of aliphatic hydroxyl groups excluding tert-OH is 1. The van der Waals surface area contributed by atoms with Crippen molar-refractivity contribution in [1.29, 1.82) is 0 Å². The SMILES string of the molecule is CO[Si](OC)(OC)OCCC(O)C1(C2(O)OCC2C)OCC1C. The van der Waals surface area contributed by atoms with Crippen LogP contribution in [0.3, 0.4) is 0 Å². The fourth-order valence-corrected chi connectivity index (χ4v) is 4.61. The minimum absolute atomic E-state index is 0.0282. The largest absolute Gasteiger partial charge is 0.678 e. The Morgan fingerprint density at radius 2 is 1.65 bits per heavy atom. The molecule has 0 amide bonds. The van der Waals surface area contributed by atoms with Crippen LogP contribution in [0, 0.1) is 11.8 Å². The van der Waals surface area contributed by atoms with Gasteiger partial charge in [0.2, 0.25) is 5.79 Å². The number of aliphatic hydroxyl groups is 2. The van der Waals surface area contributed by atoms with Crippen LogP contribution in [0.1, 0.15) is 20.3 Å². The second-order valence-corrected chi connectivity index (χ2v) is 8.69. The van der Waals surface area contributed by atoms with E-state index in [0.29, 0.717) is 13.2 Å². The predicted octanol–water partition coefficient (Wildman–Crippen LogP) is -0.111. The van der Waals surface area contributed by atoms with Crippen LogP contribution >= 0.6 is 0 Å². The zero-order valence-electron chi connectivity index (χ0n) is 14.4. The fraction of sp³-hybridized carbons (Fsp3) is 1.00. The van der Waals surface area contributed by atoms with Gasteiger partial charge in [0.25, 0.3) is 0 Å². The molecule has 5 unspecified atom stereocenters. The summed E-state index contributed by atoms with van der Waals surface area (Å²) < 4.78 is 32.1. The van der Waals surface area contributed by atoms with Crippen LogP contribution in [-0.4, -0.2) is 77.9 Å². The van der Waals surface area contributed by atoms with E-state index in [-0.39, 0.29) is 24.9 Å². The summed E-state index contributed by atoms with van der Waals surface area (Å²) in [5.41, 5.74) is -1.13. The Labute approximate surface area is 138 Å². The summed E-state index contributed by atoms with van der Waals surface area (Å²) in [5, 5.41) is 21.4. The van der Waals surface area contributed by atoms with E-state index in [1.165, 1.54) is 21.3 Å². The third-order valence-electron chi connectivity index (χ3n) is 5.00. The van der Waals surface area contributed by atoms with Gasteiger partial charge in [0, 0.05) is 39.8 Å². The summed E-state index contributed by atoms with van der Waals surface area (Å²) in [6.45, 7) is 4.87. The maximum absolute atomic E-state index is 10.8. The summed E-state index contributed by atoms with van der Waals surface area (Å²) >= 11 is 0. The summed E-state index contributed by atoms with van der Waals surface area (Å²) in [5.74, 6) is -1.60. The number of hydrogen-bond donors (Lipinski definition) is 2. The van der Waals surface area contributed by atoms with E-state index in [4.69, 9.17) is 27.2 Å². The van der Waals surface area contributed by atoms with Gasteiger partial charge in [0.15, 0.2) is 5.60 Å². The third-order valence-corrected chi connectivity index (χ3v) is 7.06. The summed E-state index contributed by atoms with van der Waals surface area (Å²) in [7, 11) is 1.18. The van der Waals surface area contributed by atoms with Crippen LogP contribution in [0.25, 0.3) is 0 Å². The molecule has 2 rings (SSSR count). The molecule has 0 spiro atoms. The first-order chi connectivity index (χ1) is 10.8. The molecule has 136 valence electrons. The fourth-order valence-electron chi connectivity index (χ4n) is 3.39. The van der Waals surface area contributed by atoms with Crippen molar-refractivity contribution in [1.82, 2.24) is 0 Å². The van der Waals surface area contributed by atoms with Crippen molar-refractivity contribution < 1.29 is 37.4 Å². The smallest absolute Gasteiger partial charge is 0.390 e. The molecule has 8 nitrogen and oxygen atoms in total. The van der Waals surface area contributed by atoms with Crippen LogP contribution in [0.4, 0.5) is 0 Å². The van der Waals surface area contributed by atoms with E-state index in [1.807, 2.05) is 13.8 Å². The van der Waals surface area contributed by atoms with Gasteiger partial charge in [0.1, 0.15) is 0 Å². The number of rotatable bonds is 9. The maximum atomic E-state index is 10.8. The van der Waals surface area contributed by atoms with Crippen molar-refractivity contribution in [3.05, 3.63) is 0 Å². The van der Waals surface area contributed by atoms with E-state index in [2.05, 4.69) is 0 Å². The van der Waals surface area contributed by atoms with Gasteiger partial charge < -0.3 is 37.4 Å². The Morgan fingerprint density at radius 3 is 1.96 bits per heavy atom. The molecule has 5 atom stereocenters. The molecule has 0 aromatic carbocycles. The van der Waals surface area contributed by atoms with E-state index >= 15 is 0 Å². The molecular weight excluding hydrogens is 324 g/mol. The van der Waals surface area contributed by atoms with E-state index in [9.17, 15) is 10.2 Å². The Balaban J connectivity index is 1.99. The lowest BCUT2D eigenvalue weighted by Gasteiger charge is -2.63. The molecule has 2 aliphatic heterocycles. The minimum Gasteiger partial charge on any atom is -0.390 e. The summed E-state index contributed by atoms with van der Waals surface area (Å²) in [6, 6.07) is 0. The lowest BCUT2D eigenvalue weighted by atomic mass is 9.66. The molecule has 2 N–H and O–H groups in total. The molecule has 2 heterocycles. The average molecular weight is 352 g/mol. The van der Waals surface area contributed by atoms with Crippen molar-refractivity contribution in [2.45, 2.75) is 37.8 Å². The standard InChI is InChI=1S/C14H28O8Si/c1-10-8-20-13(10,14(16)11(2)9-21-14)12(15)6-7-22-23(17-3,18-4)19-5/h10-12,15-16H,6-9H2,1-5H3. The highest BCUT2D eigenvalue weighted by molar-refractivity contribution is 6.53.